The van der Waals surface area contributed by atoms with Crippen molar-refractivity contribution in [2.45, 2.75) is 44.9 Å². The first-order valence-electron chi connectivity index (χ1n) is 11.0. The summed E-state index contributed by atoms with van der Waals surface area (Å²) in [5, 5.41) is 4.22. The van der Waals surface area contributed by atoms with Crippen LogP contribution in [0.15, 0.2) is 40.9 Å². The van der Waals surface area contributed by atoms with Gasteiger partial charge in [-0.25, -0.2) is 0 Å². The van der Waals surface area contributed by atoms with Crippen molar-refractivity contribution in [1.29, 1.82) is 0 Å². The number of hydrogen-bond donors (Lipinski definition) is 0. The van der Waals surface area contributed by atoms with Crippen LogP contribution in [0.3, 0.4) is 0 Å². The molecule has 160 valence electrons. The molecule has 2 fully saturated rings. The number of benzene rings is 1. The largest absolute Gasteiger partial charge is 0.361 e. The fourth-order valence-electron chi connectivity index (χ4n) is 5.09. The molecule has 2 heterocycles. The second-order valence-electron chi connectivity index (χ2n) is 9.05. The molecule has 2 aliphatic rings. The topological polar surface area (TPSA) is 66.7 Å². The Morgan fingerprint density at radius 3 is 2.60 bits per heavy atom. The van der Waals surface area contributed by atoms with E-state index in [-0.39, 0.29) is 17.7 Å². The average Bonchev–Trinajstić information content (AvgIpc) is 3.46. The molecule has 1 saturated carbocycles. The third-order valence-corrected chi connectivity index (χ3v) is 6.59. The Morgan fingerprint density at radius 1 is 1.17 bits per heavy atom. The Balaban J connectivity index is 1.57. The first kappa shape index (κ1) is 20.6. The van der Waals surface area contributed by atoms with Crippen LogP contribution in [-0.2, 0) is 16.0 Å². The van der Waals surface area contributed by atoms with Crippen molar-refractivity contribution in [2.24, 2.45) is 11.3 Å². The smallest absolute Gasteiger partial charge is 0.230 e. The molecular formula is C24H31N3O3. The van der Waals surface area contributed by atoms with Crippen molar-refractivity contribution in [3.8, 4) is 11.3 Å². The zero-order valence-corrected chi connectivity index (χ0v) is 18.0. The van der Waals surface area contributed by atoms with E-state index >= 15 is 0 Å². The molecule has 2 aromatic rings. The molecule has 1 aromatic carbocycles. The first-order valence-corrected chi connectivity index (χ1v) is 11.0. The number of piperidine rings is 1. The number of rotatable bonds is 5. The van der Waals surface area contributed by atoms with Gasteiger partial charge in [0.2, 0.25) is 11.8 Å². The highest BCUT2D eigenvalue weighted by molar-refractivity contribution is 5.85. The number of carbonyl (C=O) groups is 2. The summed E-state index contributed by atoms with van der Waals surface area (Å²) in [4.78, 5) is 30.0. The van der Waals surface area contributed by atoms with Gasteiger partial charge >= 0.3 is 0 Å². The fourth-order valence-corrected chi connectivity index (χ4v) is 5.09. The van der Waals surface area contributed by atoms with E-state index < -0.39 is 5.41 Å². The molecule has 1 aromatic heterocycles. The minimum Gasteiger partial charge on any atom is -0.361 e. The van der Waals surface area contributed by atoms with Crippen LogP contribution in [-0.4, -0.2) is 54.0 Å². The highest BCUT2D eigenvalue weighted by Gasteiger charge is 2.46. The Labute approximate surface area is 178 Å². The number of carbonyl (C=O) groups excluding carboxylic acids is 2. The molecule has 4 rings (SSSR count). The maximum atomic E-state index is 13.3. The van der Waals surface area contributed by atoms with E-state index in [1.807, 2.05) is 41.3 Å². The van der Waals surface area contributed by atoms with Gasteiger partial charge in [0, 0.05) is 51.2 Å². The van der Waals surface area contributed by atoms with Gasteiger partial charge in [-0.05, 0) is 25.7 Å². The van der Waals surface area contributed by atoms with Crippen LogP contribution in [0.1, 0.15) is 44.3 Å². The van der Waals surface area contributed by atoms with Crippen molar-refractivity contribution in [3.05, 3.63) is 42.2 Å². The Hall–Kier alpha value is -2.63. The quantitative estimate of drug-likeness (QED) is 0.754. The molecule has 1 saturated heterocycles. The predicted octanol–water partition coefficient (Wildman–Crippen LogP) is 3.77. The Kier molecular flexibility index (Phi) is 5.93. The minimum atomic E-state index is -0.663. The lowest BCUT2D eigenvalue weighted by atomic mass is 9.74. The Bertz CT molecular complexity index is 886. The summed E-state index contributed by atoms with van der Waals surface area (Å²) in [6.45, 7) is 1.20. The summed E-state index contributed by atoms with van der Waals surface area (Å²) in [5.74, 6) is 1.11. The lowest BCUT2D eigenvalue weighted by Gasteiger charge is -2.43. The lowest BCUT2D eigenvalue weighted by molar-refractivity contribution is -0.149. The third kappa shape index (κ3) is 4.13. The molecule has 0 radical (unpaired) electrons. The van der Waals surface area contributed by atoms with Gasteiger partial charge in [0.05, 0.1) is 5.41 Å². The SMILES string of the molecule is CN(C)C(=O)[C@@]1(Cc2cc(-c3ccccc3)no2)CCCN(C(=O)C2CCCC2)C1. The number of aromatic nitrogens is 1. The van der Waals surface area contributed by atoms with Gasteiger partial charge in [0.25, 0.3) is 0 Å². The maximum absolute atomic E-state index is 13.3. The molecule has 0 N–H and O–H groups in total. The van der Waals surface area contributed by atoms with Gasteiger partial charge in [-0.2, -0.15) is 0 Å². The van der Waals surface area contributed by atoms with E-state index in [9.17, 15) is 9.59 Å². The van der Waals surface area contributed by atoms with Gasteiger partial charge in [0.1, 0.15) is 11.5 Å². The molecule has 0 unspecified atom stereocenters. The van der Waals surface area contributed by atoms with Crippen LogP contribution in [0.2, 0.25) is 0 Å². The van der Waals surface area contributed by atoms with Crippen LogP contribution in [0.4, 0.5) is 0 Å². The summed E-state index contributed by atoms with van der Waals surface area (Å²) < 4.78 is 5.65. The lowest BCUT2D eigenvalue weighted by Crippen LogP contribution is -2.55. The summed E-state index contributed by atoms with van der Waals surface area (Å²) >= 11 is 0. The van der Waals surface area contributed by atoms with Crippen molar-refractivity contribution in [3.63, 3.8) is 0 Å². The summed E-state index contributed by atoms with van der Waals surface area (Å²) in [6.07, 6.45) is 6.26. The maximum Gasteiger partial charge on any atom is 0.230 e. The third-order valence-electron chi connectivity index (χ3n) is 6.59. The summed E-state index contributed by atoms with van der Waals surface area (Å²) in [5.41, 5.74) is 1.10. The van der Waals surface area contributed by atoms with Crippen molar-refractivity contribution >= 4 is 11.8 Å². The number of likely N-dealkylation sites (tertiary alicyclic amines) is 1. The van der Waals surface area contributed by atoms with Crippen LogP contribution >= 0.6 is 0 Å². The molecule has 0 bridgehead atoms. The second-order valence-corrected chi connectivity index (χ2v) is 9.05. The zero-order valence-electron chi connectivity index (χ0n) is 18.0. The molecule has 1 aliphatic carbocycles. The van der Waals surface area contributed by atoms with Crippen molar-refractivity contribution < 1.29 is 14.1 Å². The van der Waals surface area contributed by atoms with Crippen LogP contribution in [0.5, 0.6) is 0 Å². The normalized spacial score (nSPS) is 22.3. The molecular weight excluding hydrogens is 378 g/mol. The predicted molar refractivity (Wildman–Crippen MR) is 115 cm³/mol. The van der Waals surface area contributed by atoms with E-state index in [4.69, 9.17) is 4.52 Å². The molecule has 0 spiro atoms. The summed E-state index contributed by atoms with van der Waals surface area (Å²) in [6, 6.07) is 11.8. The molecule has 1 aliphatic heterocycles. The van der Waals surface area contributed by atoms with Gasteiger partial charge in [-0.3, -0.25) is 9.59 Å². The summed E-state index contributed by atoms with van der Waals surface area (Å²) in [7, 11) is 3.58. The standard InChI is InChI=1S/C24H31N3O3/c1-26(2)23(29)24(13-8-14-27(17-24)22(28)19-11-6-7-12-19)16-20-15-21(25-30-20)18-9-4-3-5-10-18/h3-5,9-10,15,19H,6-8,11-14,16-17H2,1-2H3/t24-/m1/s1. The highest BCUT2D eigenvalue weighted by Crippen LogP contribution is 2.38. The van der Waals surface area contributed by atoms with Gasteiger partial charge in [-0.1, -0.05) is 48.3 Å². The van der Waals surface area contributed by atoms with Gasteiger partial charge in [-0.15, -0.1) is 0 Å². The molecule has 2 amide bonds. The van der Waals surface area contributed by atoms with Crippen molar-refractivity contribution in [2.75, 3.05) is 27.2 Å². The second kappa shape index (κ2) is 8.62. The van der Waals surface area contributed by atoms with Crippen LogP contribution < -0.4 is 0 Å². The fraction of sp³-hybridized carbons (Fsp3) is 0.542. The molecule has 6 heteroatoms. The van der Waals surface area contributed by atoms with Gasteiger partial charge in [0.15, 0.2) is 0 Å². The van der Waals surface area contributed by atoms with Crippen LogP contribution in [0.25, 0.3) is 11.3 Å². The average molecular weight is 410 g/mol. The first-order chi connectivity index (χ1) is 14.5. The van der Waals surface area contributed by atoms with E-state index in [2.05, 4.69) is 5.16 Å². The van der Waals surface area contributed by atoms with Gasteiger partial charge < -0.3 is 14.3 Å². The molecule has 30 heavy (non-hydrogen) atoms. The van der Waals surface area contributed by atoms with E-state index in [0.29, 0.717) is 18.7 Å². The zero-order chi connectivity index (χ0) is 21.1. The molecule has 1 atom stereocenters. The van der Waals surface area contributed by atoms with Crippen LogP contribution in [0, 0.1) is 11.3 Å². The Morgan fingerprint density at radius 2 is 1.90 bits per heavy atom. The van der Waals surface area contributed by atoms with E-state index in [1.165, 1.54) is 0 Å². The number of amides is 2. The molecule has 6 nitrogen and oxygen atoms in total. The monoisotopic (exact) mass is 409 g/mol. The van der Waals surface area contributed by atoms with E-state index in [1.54, 1.807) is 19.0 Å². The number of nitrogens with zero attached hydrogens (tertiary/aromatic N) is 3. The minimum absolute atomic E-state index is 0.0593. The van der Waals surface area contributed by atoms with Crippen molar-refractivity contribution in [1.82, 2.24) is 15.0 Å². The number of hydrogen-bond acceptors (Lipinski definition) is 4. The highest BCUT2D eigenvalue weighted by atomic mass is 16.5. The van der Waals surface area contributed by atoms with E-state index in [0.717, 1.165) is 56.3 Å².